The molecule has 3 aromatic rings. The second kappa shape index (κ2) is 14.3. The van der Waals surface area contributed by atoms with Crippen LogP contribution < -0.4 is 0 Å². The Morgan fingerprint density at radius 2 is 0.526 bits per heavy atom. The smallest absolute Gasteiger partial charge is 0 e. The molecule has 0 fully saturated rings. The van der Waals surface area contributed by atoms with Crippen molar-refractivity contribution in [1.82, 2.24) is 0 Å². The van der Waals surface area contributed by atoms with E-state index in [0.717, 1.165) is 0 Å². The predicted octanol–water partition coefficient (Wildman–Crippen LogP) is 4.46. The van der Waals surface area contributed by atoms with E-state index in [4.69, 9.17) is 0 Å². The summed E-state index contributed by atoms with van der Waals surface area (Å²) >= 11 is 0. The van der Waals surface area contributed by atoms with Crippen LogP contribution in [0.1, 0.15) is 0 Å². The zero-order valence-corrected chi connectivity index (χ0v) is 12.0. The van der Waals surface area contributed by atoms with Gasteiger partial charge < -0.3 is 0 Å². The summed E-state index contributed by atoms with van der Waals surface area (Å²) in [5.41, 5.74) is 0. The molecule has 3 rings (SSSR count). The second-order valence-corrected chi connectivity index (χ2v) is 3.23. The molecule has 0 amide bonds. The quantitative estimate of drug-likeness (QED) is 0.534. The van der Waals surface area contributed by atoms with Crippen LogP contribution in [0.4, 0.5) is 0 Å². The van der Waals surface area contributed by atoms with E-state index < -0.39 is 0 Å². The SMILES string of the molecule is [V].[c-]1ccccc1.[c-]1ccccc1.[c-]1ccccc1. The van der Waals surface area contributed by atoms with E-state index in [2.05, 4.69) is 18.2 Å². The van der Waals surface area contributed by atoms with Crippen molar-refractivity contribution in [2.24, 2.45) is 0 Å². The topological polar surface area (TPSA) is 0 Å². The molecule has 0 nitrogen and oxygen atoms in total. The number of hydrogen-bond donors (Lipinski definition) is 0. The molecule has 0 bridgehead atoms. The van der Waals surface area contributed by atoms with Crippen LogP contribution in [0, 0.1) is 18.2 Å². The molecular formula is C18H15V-3. The molecule has 0 saturated heterocycles. The Balaban J connectivity index is 0.000000249. The summed E-state index contributed by atoms with van der Waals surface area (Å²) in [7, 11) is 0. The molecule has 1 heteroatoms. The van der Waals surface area contributed by atoms with Gasteiger partial charge in [0.05, 0.1) is 0 Å². The van der Waals surface area contributed by atoms with E-state index in [9.17, 15) is 0 Å². The maximum absolute atomic E-state index is 2.89. The minimum Gasteiger partial charge on any atom is -0.184 e. The summed E-state index contributed by atoms with van der Waals surface area (Å²) < 4.78 is 0. The van der Waals surface area contributed by atoms with Crippen LogP contribution in [0.3, 0.4) is 0 Å². The van der Waals surface area contributed by atoms with Gasteiger partial charge in [0.2, 0.25) is 0 Å². The Labute approximate surface area is 128 Å². The number of rotatable bonds is 0. The first-order chi connectivity index (χ1) is 9.00. The van der Waals surface area contributed by atoms with Crippen LogP contribution >= 0.6 is 0 Å². The summed E-state index contributed by atoms with van der Waals surface area (Å²) in [5, 5.41) is 0. The predicted molar refractivity (Wildman–Crippen MR) is 75.8 cm³/mol. The zero-order chi connectivity index (χ0) is 12.7. The van der Waals surface area contributed by atoms with Gasteiger partial charge in [0, 0.05) is 18.6 Å². The van der Waals surface area contributed by atoms with Crippen molar-refractivity contribution >= 4 is 0 Å². The van der Waals surface area contributed by atoms with Crippen molar-refractivity contribution in [3.05, 3.63) is 109 Å². The first-order valence-corrected chi connectivity index (χ1v) is 5.73. The molecule has 0 aliphatic rings. The van der Waals surface area contributed by atoms with Gasteiger partial charge in [-0.25, -0.2) is 0 Å². The molecule has 0 unspecified atom stereocenters. The van der Waals surface area contributed by atoms with Gasteiger partial charge in [-0.3, -0.25) is 0 Å². The summed E-state index contributed by atoms with van der Waals surface area (Å²) in [5.74, 6) is 0. The molecule has 0 aliphatic heterocycles. The molecule has 1 radical (unpaired) electrons. The molecule has 0 aliphatic carbocycles. The Hall–Kier alpha value is -1.76. The Morgan fingerprint density at radius 3 is 0.579 bits per heavy atom. The summed E-state index contributed by atoms with van der Waals surface area (Å²) in [6.07, 6.45) is 0. The fourth-order valence-corrected chi connectivity index (χ4v) is 1.03. The van der Waals surface area contributed by atoms with Crippen molar-refractivity contribution in [3.8, 4) is 0 Å². The maximum atomic E-state index is 2.89. The van der Waals surface area contributed by atoms with Crippen LogP contribution in [-0.2, 0) is 18.6 Å². The van der Waals surface area contributed by atoms with Crippen molar-refractivity contribution in [3.63, 3.8) is 0 Å². The molecule has 3 aromatic carbocycles. The molecule has 0 saturated carbocycles. The van der Waals surface area contributed by atoms with E-state index in [1.54, 1.807) is 0 Å². The standard InChI is InChI=1S/3C6H5.V/c3*1-2-4-6-5-3-1;/h3*1-5H;/q3*-1;. The zero-order valence-electron chi connectivity index (χ0n) is 10.6. The van der Waals surface area contributed by atoms with Gasteiger partial charge in [-0.05, 0) is 0 Å². The Morgan fingerprint density at radius 1 is 0.316 bits per heavy atom. The van der Waals surface area contributed by atoms with Gasteiger partial charge >= 0.3 is 0 Å². The average Bonchev–Trinajstić information content (AvgIpc) is 2.54. The van der Waals surface area contributed by atoms with Gasteiger partial charge in [-0.2, -0.15) is 109 Å². The van der Waals surface area contributed by atoms with Crippen molar-refractivity contribution in [2.45, 2.75) is 0 Å². The first kappa shape index (κ1) is 17.2. The van der Waals surface area contributed by atoms with E-state index in [1.165, 1.54) is 0 Å². The van der Waals surface area contributed by atoms with Crippen LogP contribution in [0.2, 0.25) is 0 Å². The van der Waals surface area contributed by atoms with E-state index in [0.29, 0.717) is 0 Å². The number of hydrogen-bond acceptors (Lipinski definition) is 0. The Kier molecular flexibility index (Phi) is 13.0. The van der Waals surface area contributed by atoms with Gasteiger partial charge in [0.25, 0.3) is 0 Å². The van der Waals surface area contributed by atoms with Crippen LogP contribution in [-0.4, -0.2) is 0 Å². The van der Waals surface area contributed by atoms with E-state index in [-0.39, 0.29) is 18.6 Å². The third-order valence-corrected chi connectivity index (χ3v) is 1.82. The molecule has 0 spiro atoms. The molecule has 0 N–H and O–H groups in total. The molecule has 0 atom stereocenters. The van der Waals surface area contributed by atoms with Crippen LogP contribution in [0.5, 0.6) is 0 Å². The minimum absolute atomic E-state index is 0. The summed E-state index contributed by atoms with van der Waals surface area (Å²) in [6.45, 7) is 0. The molecular weight excluding hydrogens is 267 g/mol. The normalized spacial score (nSPS) is 7.58. The largest absolute Gasteiger partial charge is 0.184 e. The average molecular weight is 282 g/mol. The van der Waals surface area contributed by atoms with Gasteiger partial charge in [0.1, 0.15) is 0 Å². The first-order valence-electron chi connectivity index (χ1n) is 5.73. The van der Waals surface area contributed by atoms with Crippen LogP contribution in [0.25, 0.3) is 0 Å². The molecule has 19 heavy (non-hydrogen) atoms. The van der Waals surface area contributed by atoms with Crippen molar-refractivity contribution < 1.29 is 18.6 Å². The van der Waals surface area contributed by atoms with E-state index >= 15 is 0 Å². The van der Waals surface area contributed by atoms with Gasteiger partial charge in [-0.15, -0.1) is 0 Å². The third kappa shape index (κ3) is 12.5. The molecule has 0 heterocycles. The second-order valence-electron chi connectivity index (χ2n) is 3.23. The van der Waals surface area contributed by atoms with Gasteiger partial charge in [0.15, 0.2) is 0 Å². The van der Waals surface area contributed by atoms with Crippen molar-refractivity contribution in [2.75, 3.05) is 0 Å². The Bertz CT molecular complexity index is 296. The molecule has 95 valence electrons. The minimum atomic E-state index is 0. The van der Waals surface area contributed by atoms with Crippen LogP contribution in [0.15, 0.2) is 91.0 Å². The van der Waals surface area contributed by atoms with Gasteiger partial charge in [-0.1, -0.05) is 0 Å². The summed E-state index contributed by atoms with van der Waals surface area (Å²) in [4.78, 5) is 0. The fourth-order valence-electron chi connectivity index (χ4n) is 1.03. The maximum Gasteiger partial charge on any atom is 0 e. The third-order valence-electron chi connectivity index (χ3n) is 1.82. The molecule has 0 aromatic heterocycles. The number of benzene rings is 3. The summed E-state index contributed by atoms with van der Waals surface area (Å²) in [6, 6.07) is 37.5. The van der Waals surface area contributed by atoms with Crippen molar-refractivity contribution in [1.29, 1.82) is 0 Å². The van der Waals surface area contributed by atoms with E-state index in [1.807, 2.05) is 91.0 Å². The fraction of sp³-hybridized carbons (Fsp3) is 0. The monoisotopic (exact) mass is 282 g/mol.